The van der Waals surface area contributed by atoms with Crippen molar-refractivity contribution in [2.45, 2.75) is 31.6 Å². The van der Waals surface area contributed by atoms with E-state index >= 15 is 0 Å². The van der Waals surface area contributed by atoms with Gasteiger partial charge in [0.25, 0.3) is 0 Å². The van der Waals surface area contributed by atoms with Gasteiger partial charge in [0, 0.05) is 5.92 Å². The van der Waals surface area contributed by atoms with Gasteiger partial charge in [-0.05, 0) is 29.7 Å². The van der Waals surface area contributed by atoms with Crippen molar-refractivity contribution in [3.05, 3.63) is 71.8 Å². The standard InChI is InChI=1S/C18H22S/c19-15-9-3-8-14-18(16-10-4-1-5-11-16)17-12-6-2-7-13-17/h1-2,4-7,10-13,18-19H,3,8-9,14-15H2. The van der Waals surface area contributed by atoms with Crippen LogP contribution in [0.4, 0.5) is 0 Å². The van der Waals surface area contributed by atoms with E-state index in [1.54, 1.807) is 0 Å². The van der Waals surface area contributed by atoms with Crippen LogP contribution in [0.1, 0.15) is 42.7 Å². The number of hydrogen-bond donors (Lipinski definition) is 1. The minimum atomic E-state index is 0.530. The van der Waals surface area contributed by atoms with Crippen LogP contribution in [0.2, 0.25) is 0 Å². The SMILES string of the molecule is SCCCCCC(c1ccccc1)c1ccccc1. The number of benzene rings is 2. The van der Waals surface area contributed by atoms with Crippen LogP contribution in [0.15, 0.2) is 60.7 Å². The van der Waals surface area contributed by atoms with Crippen LogP contribution in [-0.2, 0) is 0 Å². The van der Waals surface area contributed by atoms with Gasteiger partial charge in [0.05, 0.1) is 0 Å². The first-order chi connectivity index (χ1) is 9.42. The molecule has 0 aliphatic carbocycles. The first kappa shape index (κ1) is 14.2. The van der Waals surface area contributed by atoms with E-state index in [-0.39, 0.29) is 0 Å². The lowest BCUT2D eigenvalue weighted by Gasteiger charge is -2.18. The molecule has 0 fully saturated rings. The van der Waals surface area contributed by atoms with Gasteiger partial charge in [0.1, 0.15) is 0 Å². The van der Waals surface area contributed by atoms with E-state index in [0.29, 0.717) is 5.92 Å². The molecule has 0 saturated carbocycles. The third-order valence-electron chi connectivity index (χ3n) is 3.55. The number of unbranched alkanes of at least 4 members (excludes halogenated alkanes) is 2. The van der Waals surface area contributed by atoms with Crippen molar-refractivity contribution in [2.75, 3.05) is 5.75 Å². The van der Waals surface area contributed by atoms with Crippen LogP contribution in [0.3, 0.4) is 0 Å². The maximum absolute atomic E-state index is 4.29. The van der Waals surface area contributed by atoms with E-state index in [1.807, 2.05) is 0 Å². The Balaban J connectivity index is 2.10. The Bertz CT molecular complexity index is 410. The second-order valence-electron chi connectivity index (χ2n) is 4.95. The Hall–Kier alpha value is -1.21. The maximum atomic E-state index is 4.29. The van der Waals surface area contributed by atoms with E-state index in [4.69, 9.17) is 0 Å². The van der Waals surface area contributed by atoms with Gasteiger partial charge < -0.3 is 0 Å². The third-order valence-corrected chi connectivity index (χ3v) is 3.87. The molecule has 0 bridgehead atoms. The van der Waals surface area contributed by atoms with Gasteiger partial charge in [-0.1, -0.05) is 73.5 Å². The molecule has 0 aromatic heterocycles. The molecule has 0 heterocycles. The van der Waals surface area contributed by atoms with Crippen molar-refractivity contribution in [1.82, 2.24) is 0 Å². The monoisotopic (exact) mass is 270 g/mol. The summed E-state index contributed by atoms with van der Waals surface area (Å²) in [5, 5.41) is 0. The number of thiol groups is 1. The molecule has 0 nitrogen and oxygen atoms in total. The third kappa shape index (κ3) is 4.43. The molecule has 0 saturated heterocycles. The van der Waals surface area contributed by atoms with E-state index in [0.717, 1.165) is 5.75 Å². The summed E-state index contributed by atoms with van der Waals surface area (Å²) in [6.45, 7) is 0. The summed E-state index contributed by atoms with van der Waals surface area (Å²) in [5.74, 6) is 1.53. The molecule has 0 amide bonds. The fourth-order valence-electron chi connectivity index (χ4n) is 2.53. The van der Waals surface area contributed by atoms with Crippen LogP contribution < -0.4 is 0 Å². The topological polar surface area (TPSA) is 0 Å². The highest BCUT2D eigenvalue weighted by molar-refractivity contribution is 7.80. The average Bonchev–Trinajstić information content (AvgIpc) is 2.49. The summed E-state index contributed by atoms with van der Waals surface area (Å²) >= 11 is 4.29. The Morgan fingerprint density at radius 1 is 0.684 bits per heavy atom. The molecule has 1 heteroatoms. The number of hydrogen-bond acceptors (Lipinski definition) is 1. The van der Waals surface area contributed by atoms with Crippen LogP contribution in [0.5, 0.6) is 0 Å². The van der Waals surface area contributed by atoms with Crippen molar-refractivity contribution in [3.63, 3.8) is 0 Å². The molecule has 2 rings (SSSR count). The summed E-state index contributed by atoms with van der Waals surface area (Å²) in [6, 6.07) is 21.7. The van der Waals surface area contributed by atoms with Crippen molar-refractivity contribution < 1.29 is 0 Å². The second kappa shape index (κ2) is 8.06. The first-order valence-corrected chi connectivity index (χ1v) is 7.76. The highest BCUT2D eigenvalue weighted by Crippen LogP contribution is 2.29. The summed E-state index contributed by atoms with van der Waals surface area (Å²) in [6.07, 6.45) is 5.00. The van der Waals surface area contributed by atoms with Crippen molar-refractivity contribution in [2.24, 2.45) is 0 Å². The molecule has 2 aromatic rings. The Labute approximate surface area is 122 Å². The van der Waals surface area contributed by atoms with E-state index in [2.05, 4.69) is 73.3 Å². The summed E-state index contributed by atoms with van der Waals surface area (Å²) in [5.41, 5.74) is 2.86. The lowest BCUT2D eigenvalue weighted by atomic mass is 9.87. The summed E-state index contributed by atoms with van der Waals surface area (Å²) < 4.78 is 0. The average molecular weight is 270 g/mol. The van der Waals surface area contributed by atoms with Crippen molar-refractivity contribution in [1.29, 1.82) is 0 Å². The smallest absolute Gasteiger partial charge is 0.00893 e. The molecule has 0 aliphatic rings. The lowest BCUT2D eigenvalue weighted by molar-refractivity contribution is 0.621. The van der Waals surface area contributed by atoms with Crippen molar-refractivity contribution in [3.8, 4) is 0 Å². The van der Waals surface area contributed by atoms with Crippen LogP contribution >= 0.6 is 12.6 Å². The predicted molar refractivity (Wildman–Crippen MR) is 87.0 cm³/mol. The Kier molecular flexibility index (Phi) is 6.03. The first-order valence-electron chi connectivity index (χ1n) is 7.12. The minimum Gasteiger partial charge on any atom is -0.179 e. The predicted octanol–water partition coefficient (Wildman–Crippen LogP) is 5.31. The normalized spacial score (nSPS) is 10.8. The highest BCUT2D eigenvalue weighted by Gasteiger charge is 2.12. The molecular weight excluding hydrogens is 248 g/mol. The molecule has 0 atom stereocenters. The van der Waals surface area contributed by atoms with Gasteiger partial charge >= 0.3 is 0 Å². The van der Waals surface area contributed by atoms with E-state index in [9.17, 15) is 0 Å². The molecule has 0 unspecified atom stereocenters. The lowest BCUT2D eigenvalue weighted by Crippen LogP contribution is -2.01. The van der Waals surface area contributed by atoms with Crippen LogP contribution in [-0.4, -0.2) is 5.75 Å². The van der Waals surface area contributed by atoms with E-state index in [1.165, 1.54) is 36.8 Å². The summed E-state index contributed by atoms with van der Waals surface area (Å²) in [4.78, 5) is 0. The molecular formula is C18H22S. The minimum absolute atomic E-state index is 0.530. The zero-order valence-corrected chi connectivity index (χ0v) is 12.2. The van der Waals surface area contributed by atoms with Gasteiger partial charge in [-0.2, -0.15) is 12.6 Å². The van der Waals surface area contributed by atoms with Crippen molar-refractivity contribution >= 4 is 12.6 Å². The molecule has 2 aromatic carbocycles. The number of rotatable bonds is 7. The van der Waals surface area contributed by atoms with Gasteiger partial charge in [0.15, 0.2) is 0 Å². The van der Waals surface area contributed by atoms with Gasteiger partial charge in [0.2, 0.25) is 0 Å². The fourth-order valence-corrected chi connectivity index (χ4v) is 2.76. The fraction of sp³-hybridized carbons (Fsp3) is 0.333. The molecule has 0 aliphatic heterocycles. The molecule has 0 spiro atoms. The van der Waals surface area contributed by atoms with Gasteiger partial charge in [-0.25, -0.2) is 0 Å². The molecule has 0 N–H and O–H groups in total. The Morgan fingerprint density at radius 2 is 1.21 bits per heavy atom. The molecule has 100 valence electrons. The van der Waals surface area contributed by atoms with Crippen LogP contribution in [0, 0.1) is 0 Å². The highest BCUT2D eigenvalue weighted by atomic mass is 32.1. The van der Waals surface area contributed by atoms with E-state index < -0.39 is 0 Å². The molecule has 0 radical (unpaired) electrons. The largest absolute Gasteiger partial charge is 0.179 e. The second-order valence-corrected chi connectivity index (χ2v) is 5.39. The van der Waals surface area contributed by atoms with Crippen LogP contribution in [0.25, 0.3) is 0 Å². The maximum Gasteiger partial charge on any atom is 0.00893 e. The van der Waals surface area contributed by atoms with Gasteiger partial charge in [-0.3, -0.25) is 0 Å². The Morgan fingerprint density at radius 3 is 1.68 bits per heavy atom. The van der Waals surface area contributed by atoms with Gasteiger partial charge in [-0.15, -0.1) is 0 Å². The zero-order chi connectivity index (χ0) is 13.3. The molecule has 19 heavy (non-hydrogen) atoms. The zero-order valence-electron chi connectivity index (χ0n) is 11.3. The quantitative estimate of drug-likeness (QED) is 0.511. The summed E-state index contributed by atoms with van der Waals surface area (Å²) in [7, 11) is 0.